The van der Waals surface area contributed by atoms with Crippen LogP contribution in [-0.2, 0) is 6.42 Å². The monoisotopic (exact) mass is 234 g/mol. The molecule has 0 saturated heterocycles. The predicted octanol–water partition coefficient (Wildman–Crippen LogP) is 2.27. The summed E-state index contributed by atoms with van der Waals surface area (Å²) in [5.74, 6) is -1.62. The summed E-state index contributed by atoms with van der Waals surface area (Å²) in [5.41, 5.74) is 0.724. The van der Waals surface area contributed by atoms with Gasteiger partial charge in [-0.25, -0.2) is 13.9 Å². The van der Waals surface area contributed by atoms with Gasteiger partial charge in [0.05, 0.1) is 5.69 Å². The fraction of sp³-hybridized carbons (Fsp3) is 0.167. The number of hydrogen-bond donors (Lipinski definition) is 1. The molecular weight excluding hydrogens is 223 g/mol. The first-order valence-electron chi connectivity index (χ1n) is 5.20. The lowest BCUT2D eigenvalue weighted by molar-refractivity contribution is 0.0687. The first kappa shape index (κ1) is 11.3. The van der Waals surface area contributed by atoms with Crippen LogP contribution in [0.25, 0.3) is 5.69 Å². The molecule has 0 aliphatic carbocycles. The molecule has 4 nitrogen and oxygen atoms in total. The van der Waals surface area contributed by atoms with Crippen LogP contribution in [0.4, 0.5) is 4.39 Å². The number of para-hydroxylation sites is 1. The Kier molecular flexibility index (Phi) is 2.91. The predicted molar refractivity (Wildman–Crippen MR) is 59.9 cm³/mol. The van der Waals surface area contributed by atoms with E-state index in [1.54, 1.807) is 12.1 Å². The molecule has 88 valence electrons. The average molecular weight is 234 g/mol. The molecule has 0 bridgehead atoms. The van der Waals surface area contributed by atoms with Crippen LogP contribution >= 0.6 is 0 Å². The first-order valence-corrected chi connectivity index (χ1v) is 5.20. The minimum absolute atomic E-state index is 0.0352. The molecule has 0 atom stereocenters. The summed E-state index contributed by atoms with van der Waals surface area (Å²) >= 11 is 0. The summed E-state index contributed by atoms with van der Waals surface area (Å²) in [6.07, 6.45) is 0.599. The number of nitrogens with zero attached hydrogens (tertiary/aromatic N) is 2. The lowest BCUT2D eigenvalue weighted by Gasteiger charge is -2.04. The highest BCUT2D eigenvalue weighted by Gasteiger charge is 2.16. The SMILES string of the molecule is CCc1cc(C(=O)O)n(-c2ccccc2F)n1. The number of benzene rings is 1. The molecule has 2 aromatic rings. The number of carboxylic acids is 1. The van der Waals surface area contributed by atoms with Crippen LogP contribution in [0.3, 0.4) is 0 Å². The summed E-state index contributed by atoms with van der Waals surface area (Å²) in [6, 6.07) is 7.40. The zero-order valence-corrected chi connectivity index (χ0v) is 9.22. The maximum Gasteiger partial charge on any atom is 0.354 e. The fourth-order valence-electron chi connectivity index (χ4n) is 1.56. The van der Waals surface area contributed by atoms with Gasteiger partial charge in [-0.15, -0.1) is 0 Å². The quantitative estimate of drug-likeness (QED) is 0.886. The molecular formula is C12H11FN2O2. The largest absolute Gasteiger partial charge is 0.477 e. The van der Waals surface area contributed by atoms with Crippen LogP contribution in [0.1, 0.15) is 23.1 Å². The van der Waals surface area contributed by atoms with Gasteiger partial charge < -0.3 is 5.11 Å². The van der Waals surface area contributed by atoms with Crippen LogP contribution in [-0.4, -0.2) is 20.9 Å². The molecule has 17 heavy (non-hydrogen) atoms. The van der Waals surface area contributed by atoms with E-state index in [0.29, 0.717) is 12.1 Å². The zero-order valence-electron chi connectivity index (χ0n) is 9.22. The van der Waals surface area contributed by atoms with Crippen LogP contribution in [0, 0.1) is 5.82 Å². The molecule has 0 aliphatic rings. The van der Waals surface area contributed by atoms with E-state index in [1.165, 1.54) is 18.2 Å². The Morgan fingerprint density at radius 1 is 1.47 bits per heavy atom. The van der Waals surface area contributed by atoms with Crippen molar-refractivity contribution < 1.29 is 14.3 Å². The number of aromatic carboxylic acids is 1. The number of hydrogen-bond acceptors (Lipinski definition) is 2. The van der Waals surface area contributed by atoms with Crippen molar-refractivity contribution in [1.29, 1.82) is 0 Å². The summed E-state index contributed by atoms with van der Waals surface area (Å²) < 4.78 is 14.7. The molecule has 0 aliphatic heterocycles. The van der Waals surface area contributed by atoms with Crippen molar-refractivity contribution in [2.45, 2.75) is 13.3 Å². The van der Waals surface area contributed by atoms with Crippen molar-refractivity contribution in [2.75, 3.05) is 0 Å². The molecule has 5 heteroatoms. The van der Waals surface area contributed by atoms with Gasteiger partial charge in [0.25, 0.3) is 0 Å². The van der Waals surface area contributed by atoms with E-state index in [9.17, 15) is 9.18 Å². The van der Waals surface area contributed by atoms with E-state index in [1.807, 2.05) is 6.92 Å². The lowest BCUT2D eigenvalue weighted by atomic mass is 10.3. The minimum atomic E-state index is -1.12. The molecule has 1 N–H and O–H groups in total. The van der Waals surface area contributed by atoms with Crippen molar-refractivity contribution in [2.24, 2.45) is 0 Å². The number of carboxylic acid groups (broad SMARTS) is 1. The van der Waals surface area contributed by atoms with Crippen molar-refractivity contribution in [3.63, 3.8) is 0 Å². The summed E-state index contributed by atoms with van der Waals surface area (Å²) in [5, 5.41) is 13.1. The molecule has 0 spiro atoms. The standard InChI is InChI=1S/C12H11FN2O2/c1-2-8-7-11(12(16)17)15(14-8)10-6-4-3-5-9(10)13/h3-7H,2H2,1H3,(H,16,17). The van der Waals surface area contributed by atoms with Crippen molar-refractivity contribution in [3.05, 3.63) is 47.5 Å². The molecule has 0 amide bonds. The van der Waals surface area contributed by atoms with Gasteiger partial charge in [0, 0.05) is 0 Å². The van der Waals surface area contributed by atoms with Crippen molar-refractivity contribution >= 4 is 5.97 Å². The summed E-state index contributed by atoms with van der Waals surface area (Å²) in [7, 11) is 0. The third-order valence-corrected chi connectivity index (χ3v) is 2.42. The van der Waals surface area contributed by atoms with E-state index < -0.39 is 11.8 Å². The van der Waals surface area contributed by atoms with E-state index in [2.05, 4.69) is 5.10 Å². The highest BCUT2D eigenvalue weighted by Crippen LogP contribution is 2.16. The van der Waals surface area contributed by atoms with E-state index in [4.69, 9.17) is 5.11 Å². The summed E-state index contributed by atoms with van der Waals surface area (Å²) in [4.78, 5) is 11.1. The maximum atomic E-state index is 13.6. The Morgan fingerprint density at radius 2 is 2.18 bits per heavy atom. The van der Waals surface area contributed by atoms with Crippen LogP contribution in [0.5, 0.6) is 0 Å². The Hall–Kier alpha value is -2.17. The van der Waals surface area contributed by atoms with E-state index >= 15 is 0 Å². The van der Waals surface area contributed by atoms with Gasteiger partial charge in [-0.2, -0.15) is 5.10 Å². The second kappa shape index (κ2) is 4.37. The molecule has 0 unspecified atom stereocenters. The molecule has 2 rings (SSSR count). The number of rotatable bonds is 3. The van der Waals surface area contributed by atoms with E-state index in [0.717, 1.165) is 4.68 Å². The Bertz CT molecular complexity index is 563. The Morgan fingerprint density at radius 3 is 2.76 bits per heavy atom. The van der Waals surface area contributed by atoms with Gasteiger partial charge in [0.15, 0.2) is 5.69 Å². The third kappa shape index (κ3) is 2.04. The fourth-order valence-corrected chi connectivity index (χ4v) is 1.56. The second-order valence-corrected chi connectivity index (χ2v) is 3.54. The average Bonchev–Trinajstić information content (AvgIpc) is 2.73. The smallest absolute Gasteiger partial charge is 0.354 e. The topological polar surface area (TPSA) is 55.1 Å². The van der Waals surface area contributed by atoms with Crippen molar-refractivity contribution in [3.8, 4) is 5.69 Å². The molecule has 0 fully saturated rings. The molecule has 0 radical (unpaired) electrons. The zero-order chi connectivity index (χ0) is 12.4. The second-order valence-electron chi connectivity index (χ2n) is 3.54. The van der Waals surface area contributed by atoms with Crippen LogP contribution < -0.4 is 0 Å². The number of halogens is 1. The lowest BCUT2D eigenvalue weighted by Crippen LogP contribution is -2.09. The molecule has 1 aromatic carbocycles. The van der Waals surface area contributed by atoms with Gasteiger partial charge >= 0.3 is 5.97 Å². The first-order chi connectivity index (χ1) is 8.13. The van der Waals surface area contributed by atoms with Gasteiger partial charge in [0.1, 0.15) is 11.5 Å². The molecule has 0 saturated carbocycles. The number of aryl methyl sites for hydroxylation is 1. The normalized spacial score (nSPS) is 10.5. The van der Waals surface area contributed by atoms with Gasteiger partial charge in [-0.05, 0) is 24.6 Å². The highest BCUT2D eigenvalue weighted by molar-refractivity contribution is 5.86. The van der Waals surface area contributed by atoms with Gasteiger partial charge in [-0.1, -0.05) is 19.1 Å². The van der Waals surface area contributed by atoms with Crippen LogP contribution in [0.15, 0.2) is 30.3 Å². The van der Waals surface area contributed by atoms with Gasteiger partial charge in [0.2, 0.25) is 0 Å². The number of aromatic nitrogens is 2. The Labute approximate surface area is 97.3 Å². The Balaban J connectivity index is 2.62. The molecule has 1 aromatic heterocycles. The maximum absolute atomic E-state index is 13.6. The van der Waals surface area contributed by atoms with Crippen molar-refractivity contribution in [1.82, 2.24) is 9.78 Å². The van der Waals surface area contributed by atoms with E-state index in [-0.39, 0.29) is 11.4 Å². The molecule has 1 heterocycles. The van der Waals surface area contributed by atoms with Gasteiger partial charge in [-0.3, -0.25) is 0 Å². The third-order valence-electron chi connectivity index (χ3n) is 2.42. The minimum Gasteiger partial charge on any atom is -0.477 e. The number of carbonyl (C=O) groups is 1. The van der Waals surface area contributed by atoms with Crippen LogP contribution in [0.2, 0.25) is 0 Å². The summed E-state index contributed by atoms with van der Waals surface area (Å²) in [6.45, 7) is 1.86. The highest BCUT2D eigenvalue weighted by atomic mass is 19.1.